The second-order valence-electron chi connectivity index (χ2n) is 1.67. The summed E-state index contributed by atoms with van der Waals surface area (Å²) in [6, 6.07) is 0. The lowest BCUT2D eigenvalue weighted by molar-refractivity contribution is 0.309. The van der Waals surface area contributed by atoms with Crippen LogP contribution in [0.1, 0.15) is 0 Å². The van der Waals surface area contributed by atoms with Crippen LogP contribution in [0.5, 0.6) is 0 Å². The summed E-state index contributed by atoms with van der Waals surface area (Å²) < 4.78 is 4.81. The molecule has 56 valence electrons. The van der Waals surface area contributed by atoms with Gasteiger partial charge in [-0.25, -0.2) is 0 Å². The van der Waals surface area contributed by atoms with E-state index in [4.69, 9.17) is 4.74 Å². The Labute approximate surface area is 66.5 Å². The number of ether oxygens (including phenoxy) is 1. The number of hydrogen-bond donors (Lipinski definition) is 0. The highest BCUT2D eigenvalue weighted by atomic mass is 32.2. The predicted octanol–water partition coefficient (Wildman–Crippen LogP) is 2.58. The summed E-state index contributed by atoms with van der Waals surface area (Å²) in [5, 5.41) is 0. The lowest BCUT2D eigenvalue weighted by Gasteiger charge is -1.95. The molecule has 0 aliphatic heterocycles. The lowest BCUT2D eigenvalue weighted by atomic mass is 10.4. The van der Waals surface area contributed by atoms with Crippen LogP contribution in [0.3, 0.4) is 0 Å². The van der Waals surface area contributed by atoms with Crippen LogP contribution in [-0.2, 0) is 4.74 Å². The van der Waals surface area contributed by atoms with Gasteiger partial charge in [0.25, 0.3) is 0 Å². The summed E-state index contributed by atoms with van der Waals surface area (Å²) >= 11 is 1.60. The van der Waals surface area contributed by atoms with Crippen LogP contribution in [0.15, 0.2) is 36.0 Å². The third-order valence-electron chi connectivity index (χ3n) is 0.979. The van der Waals surface area contributed by atoms with E-state index >= 15 is 0 Å². The molecule has 0 rings (SSSR count). The van der Waals surface area contributed by atoms with Crippen molar-refractivity contribution in [1.29, 1.82) is 0 Å². The van der Waals surface area contributed by atoms with Crippen molar-refractivity contribution in [2.24, 2.45) is 0 Å². The molecule has 0 unspecified atom stereocenters. The van der Waals surface area contributed by atoms with E-state index < -0.39 is 0 Å². The van der Waals surface area contributed by atoms with Gasteiger partial charge in [-0.15, -0.1) is 11.8 Å². The summed E-state index contributed by atoms with van der Waals surface area (Å²) in [4.78, 5) is 0.998. The molecule has 0 heterocycles. The van der Waals surface area contributed by atoms with Crippen LogP contribution >= 0.6 is 11.8 Å². The van der Waals surface area contributed by atoms with Crippen LogP contribution in [0, 0.1) is 0 Å². The molecule has 0 aliphatic rings. The molecule has 0 aromatic rings. The fourth-order valence-electron chi connectivity index (χ4n) is 0.322. The molecule has 0 fully saturated rings. The SMILES string of the molecule is C=C(/C=C\C(=C)SC)OC. The van der Waals surface area contributed by atoms with Gasteiger partial charge in [0.2, 0.25) is 0 Å². The smallest absolute Gasteiger partial charge is 0.111 e. The molecule has 0 aromatic carbocycles. The molecule has 0 bridgehead atoms. The van der Waals surface area contributed by atoms with Crippen LogP contribution in [-0.4, -0.2) is 13.4 Å². The molecule has 2 heteroatoms. The van der Waals surface area contributed by atoms with Gasteiger partial charge in [-0.1, -0.05) is 13.2 Å². The van der Waals surface area contributed by atoms with Crippen molar-refractivity contribution in [3.8, 4) is 0 Å². The molecule has 0 spiro atoms. The monoisotopic (exact) mass is 156 g/mol. The maximum Gasteiger partial charge on any atom is 0.111 e. The number of methoxy groups -OCH3 is 1. The molecule has 0 saturated carbocycles. The molecular weight excluding hydrogens is 144 g/mol. The zero-order valence-electron chi connectivity index (χ0n) is 6.39. The fraction of sp³-hybridized carbons (Fsp3) is 0.250. The van der Waals surface area contributed by atoms with Gasteiger partial charge in [-0.05, 0) is 23.3 Å². The fourth-order valence-corrected chi connectivity index (χ4v) is 0.526. The summed E-state index contributed by atoms with van der Waals surface area (Å²) in [5.41, 5.74) is 0. The molecule has 0 saturated heterocycles. The molecule has 1 nitrogen and oxygen atoms in total. The Balaban J connectivity index is 3.75. The van der Waals surface area contributed by atoms with Crippen LogP contribution in [0.25, 0.3) is 0 Å². The van der Waals surface area contributed by atoms with Crippen LogP contribution in [0.2, 0.25) is 0 Å². The van der Waals surface area contributed by atoms with E-state index in [1.807, 2.05) is 12.3 Å². The van der Waals surface area contributed by atoms with Crippen molar-refractivity contribution >= 4 is 11.8 Å². The average Bonchev–Trinajstić information content (AvgIpc) is 1.99. The van der Waals surface area contributed by atoms with E-state index in [9.17, 15) is 0 Å². The Morgan fingerprint density at radius 2 is 2.00 bits per heavy atom. The minimum Gasteiger partial charge on any atom is -0.497 e. The van der Waals surface area contributed by atoms with Gasteiger partial charge in [0.05, 0.1) is 7.11 Å². The average molecular weight is 156 g/mol. The molecule has 0 amide bonds. The second kappa shape index (κ2) is 5.18. The Morgan fingerprint density at radius 3 is 2.40 bits per heavy atom. The second-order valence-corrected chi connectivity index (χ2v) is 2.61. The summed E-state index contributed by atoms with van der Waals surface area (Å²) in [7, 11) is 1.59. The summed E-state index contributed by atoms with van der Waals surface area (Å²) in [6.07, 6.45) is 5.64. The number of rotatable bonds is 4. The highest BCUT2D eigenvalue weighted by Crippen LogP contribution is 2.10. The highest BCUT2D eigenvalue weighted by molar-refractivity contribution is 8.02. The first-order valence-electron chi connectivity index (χ1n) is 2.84. The standard InChI is InChI=1S/C8H12OS/c1-7(9-3)5-6-8(2)10-4/h5-6H,1-2H2,3-4H3/b6-5-. The van der Waals surface area contributed by atoms with Crippen molar-refractivity contribution in [3.05, 3.63) is 36.0 Å². The first-order valence-corrected chi connectivity index (χ1v) is 4.07. The van der Waals surface area contributed by atoms with E-state index in [0.717, 1.165) is 4.91 Å². The largest absolute Gasteiger partial charge is 0.497 e. The predicted molar refractivity (Wildman–Crippen MR) is 47.9 cm³/mol. The van der Waals surface area contributed by atoms with Crippen LogP contribution < -0.4 is 0 Å². The van der Waals surface area contributed by atoms with E-state index in [0.29, 0.717) is 5.76 Å². The topological polar surface area (TPSA) is 9.23 Å². The number of allylic oxidation sites excluding steroid dienone is 2. The van der Waals surface area contributed by atoms with Gasteiger partial charge < -0.3 is 4.74 Å². The molecule has 0 atom stereocenters. The third-order valence-corrected chi connectivity index (χ3v) is 1.64. The quantitative estimate of drug-likeness (QED) is 0.457. The number of hydrogen-bond acceptors (Lipinski definition) is 2. The molecule has 0 aliphatic carbocycles. The first-order chi connectivity index (χ1) is 4.70. The number of thioether (sulfide) groups is 1. The van der Waals surface area contributed by atoms with E-state index in [1.54, 1.807) is 24.9 Å². The maximum absolute atomic E-state index is 4.81. The van der Waals surface area contributed by atoms with Gasteiger partial charge in [0, 0.05) is 0 Å². The minimum absolute atomic E-state index is 0.648. The van der Waals surface area contributed by atoms with E-state index in [1.165, 1.54) is 0 Å². The molecular formula is C8H12OS. The Morgan fingerprint density at radius 1 is 1.40 bits per heavy atom. The normalized spacial score (nSPS) is 9.80. The summed E-state index contributed by atoms with van der Waals surface area (Å²) in [5.74, 6) is 0.648. The van der Waals surface area contributed by atoms with Gasteiger partial charge in [-0.2, -0.15) is 0 Å². The van der Waals surface area contributed by atoms with Gasteiger partial charge in [-0.3, -0.25) is 0 Å². The van der Waals surface area contributed by atoms with Gasteiger partial charge >= 0.3 is 0 Å². The molecule has 0 N–H and O–H groups in total. The zero-order valence-corrected chi connectivity index (χ0v) is 7.20. The molecule has 10 heavy (non-hydrogen) atoms. The molecule has 0 radical (unpaired) electrons. The van der Waals surface area contributed by atoms with E-state index in [-0.39, 0.29) is 0 Å². The van der Waals surface area contributed by atoms with E-state index in [2.05, 4.69) is 13.2 Å². The lowest BCUT2D eigenvalue weighted by Crippen LogP contribution is -1.76. The zero-order chi connectivity index (χ0) is 7.98. The van der Waals surface area contributed by atoms with Crippen molar-refractivity contribution in [3.63, 3.8) is 0 Å². The van der Waals surface area contributed by atoms with Gasteiger partial charge in [0.15, 0.2) is 0 Å². The Hall–Kier alpha value is -0.630. The van der Waals surface area contributed by atoms with Crippen molar-refractivity contribution in [2.75, 3.05) is 13.4 Å². The molecule has 0 aromatic heterocycles. The van der Waals surface area contributed by atoms with Crippen molar-refractivity contribution in [1.82, 2.24) is 0 Å². The van der Waals surface area contributed by atoms with Crippen molar-refractivity contribution < 1.29 is 4.74 Å². The van der Waals surface area contributed by atoms with Gasteiger partial charge in [0.1, 0.15) is 5.76 Å². The van der Waals surface area contributed by atoms with Crippen molar-refractivity contribution in [2.45, 2.75) is 0 Å². The summed E-state index contributed by atoms with van der Waals surface area (Å²) in [6.45, 7) is 7.38. The highest BCUT2D eigenvalue weighted by Gasteiger charge is 1.83. The Kier molecular flexibility index (Phi) is 4.85. The first kappa shape index (κ1) is 9.37. The maximum atomic E-state index is 4.81. The Bertz CT molecular complexity index is 141. The van der Waals surface area contributed by atoms with Crippen LogP contribution in [0.4, 0.5) is 0 Å². The third kappa shape index (κ3) is 4.27. The minimum atomic E-state index is 0.648.